The number of aliphatic hydroxyl groups is 1. The lowest BCUT2D eigenvalue weighted by atomic mass is 10.1. The van der Waals surface area contributed by atoms with Crippen LogP contribution in [0.15, 0.2) is 36.5 Å². The van der Waals surface area contributed by atoms with Gasteiger partial charge in [-0.1, -0.05) is 44.2 Å². The molecule has 0 saturated carbocycles. The number of amides is 1. The van der Waals surface area contributed by atoms with E-state index in [0.29, 0.717) is 23.8 Å². The maximum Gasteiger partial charge on any atom is 0.255 e. The molecule has 1 aromatic carbocycles. The minimum atomic E-state index is -0.732. The molecule has 0 spiro atoms. The van der Waals surface area contributed by atoms with Gasteiger partial charge in [-0.25, -0.2) is 0 Å². The molecule has 1 aromatic heterocycles. The van der Waals surface area contributed by atoms with Crippen molar-refractivity contribution in [1.82, 2.24) is 15.1 Å². The fourth-order valence-corrected chi connectivity index (χ4v) is 2.27. The number of aromatic nitrogens is 2. The smallest absolute Gasteiger partial charge is 0.255 e. The van der Waals surface area contributed by atoms with E-state index >= 15 is 0 Å². The average molecular weight is 331 g/mol. The van der Waals surface area contributed by atoms with E-state index in [2.05, 4.69) is 10.4 Å². The van der Waals surface area contributed by atoms with Crippen LogP contribution in [-0.2, 0) is 11.8 Å². The number of aryl methyl sites for hydroxylation is 1. The molecule has 2 aromatic rings. The molecule has 0 aliphatic heterocycles. The third-order valence-corrected chi connectivity index (χ3v) is 3.38. The minimum absolute atomic E-state index is 0.139. The standard InChI is InChI=1S/C18H25N3O3/c1-13(2)11-24-12-15(22)9-19-18(23)16-10-21(3)20-17(16)14-7-5-4-6-8-14/h4-8,10,13,15,22H,9,11-12H2,1-3H3,(H,19,23). The van der Waals surface area contributed by atoms with E-state index in [-0.39, 0.29) is 19.1 Å². The predicted octanol–water partition coefficient (Wildman–Crippen LogP) is 1.85. The molecule has 0 aliphatic carbocycles. The number of aliphatic hydroxyl groups excluding tert-OH is 1. The lowest BCUT2D eigenvalue weighted by Crippen LogP contribution is -2.34. The van der Waals surface area contributed by atoms with Gasteiger partial charge in [0, 0.05) is 32.0 Å². The van der Waals surface area contributed by atoms with Gasteiger partial charge < -0.3 is 15.2 Å². The van der Waals surface area contributed by atoms with Crippen molar-refractivity contribution in [2.24, 2.45) is 13.0 Å². The van der Waals surface area contributed by atoms with Crippen molar-refractivity contribution >= 4 is 5.91 Å². The Morgan fingerprint density at radius 3 is 2.67 bits per heavy atom. The van der Waals surface area contributed by atoms with Gasteiger partial charge in [0.25, 0.3) is 5.91 Å². The van der Waals surface area contributed by atoms with Crippen LogP contribution in [0, 0.1) is 5.92 Å². The first-order valence-electron chi connectivity index (χ1n) is 8.10. The molecule has 0 radical (unpaired) electrons. The van der Waals surface area contributed by atoms with Gasteiger partial charge in [-0.3, -0.25) is 9.48 Å². The lowest BCUT2D eigenvalue weighted by molar-refractivity contribution is 0.0259. The van der Waals surface area contributed by atoms with Gasteiger partial charge in [0.15, 0.2) is 0 Å². The molecule has 0 bridgehead atoms. The van der Waals surface area contributed by atoms with E-state index in [1.165, 1.54) is 0 Å². The van der Waals surface area contributed by atoms with Crippen LogP contribution in [0.1, 0.15) is 24.2 Å². The zero-order valence-corrected chi connectivity index (χ0v) is 14.4. The summed E-state index contributed by atoms with van der Waals surface area (Å²) in [7, 11) is 1.78. The van der Waals surface area contributed by atoms with Gasteiger partial charge in [0.05, 0.1) is 18.3 Å². The van der Waals surface area contributed by atoms with Crippen molar-refractivity contribution < 1.29 is 14.6 Å². The Morgan fingerprint density at radius 2 is 2.00 bits per heavy atom. The molecule has 1 amide bonds. The van der Waals surface area contributed by atoms with E-state index in [1.54, 1.807) is 17.9 Å². The predicted molar refractivity (Wildman–Crippen MR) is 92.6 cm³/mol. The molecule has 24 heavy (non-hydrogen) atoms. The molecule has 0 fully saturated rings. The number of hydrogen-bond donors (Lipinski definition) is 2. The number of carbonyl (C=O) groups excluding carboxylic acids is 1. The molecule has 0 aliphatic rings. The molecule has 0 saturated heterocycles. The zero-order valence-electron chi connectivity index (χ0n) is 14.4. The van der Waals surface area contributed by atoms with Crippen LogP contribution in [0.25, 0.3) is 11.3 Å². The maximum atomic E-state index is 12.4. The number of hydrogen-bond acceptors (Lipinski definition) is 4. The van der Waals surface area contributed by atoms with Gasteiger partial charge in [-0.2, -0.15) is 5.10 Å². The maximum absolute atomic E-state index is 12.4. The molecule has 2 rings (SSSR count). The number of benzene rings is 1. The third kappa shape index (κ3) is 5.18. The van der Waals surface area contributed by atoms with Gasteiger partial charge in [-0.05, 0) is 5.92 Å². The van der Waals surface area contributed by atoms with Crippen LogP contribution in [-0.4, -0.2) is 46.7 Å². The highest BCUT2D eigenvalue weighted by Gasteiger charge is 2.17. The lowest BCUT2D eigenvalue weighted by Gasteiger charge is -2.13. The summed E-state index contributed by atoms with van der Waals surface area (Å²) in [6.45, 7) is 5.02. The number of nitrogens with one attached hydrogen (secondary N) is 1. The monoisotopic (exact) mass is 331 g/mol. The Balaban J connectivity index is 1.96. The second kappa shape index (κ2) is 8.61. The van der Waals surface area contributed by atoms with E-state index in [0.717, 1.165) is 5.56 Å². The second-order valence-corrected chi connectivity index (χ2v) is 6.23. The van der Waals surface area contributed by atoms with Gasteiger partial charge in [-0.15, -0.1) is 0 Å². The number of ether oxygens (including phenoxy) is 1. The Bertz CT molecular complexity index is 653. The summed E-state index contributed by atoms with van der Waals surface area (Å²) in [4.78, 5) is 12.4. The highest BCUT2D eigenvalue weighted by molar-refractivity contribution is 5.99. The zero-order chi connectivity index (χ0) is 17.5. The fourth-order valence-electron chi connectivity index (χ4n) is 2.27. The molecule has 6 nitrogen and oxygen atoms in total. The first kappa shape index (κ1) is 18.2. The number of nitrogens with zero attached hydrogens (tertiary/aromatic N) is 2. The Morgan fingerprint density at radius 1 is 1.29 bits per heavy atom. The quantitative estimate of drug-likeness (QED) is 0.774. The molecular formula is C18H25N3O3. The highest BCUT2D eigenvalue weighted by Crippen LogP contribution is 2.21. The Hall–Kier alpha value is -2.18. The summed E-state index contributed by atoms with van der Waals surface area (Å²) in [5.74, 6) is 0.153. The minimum Gasteiger partial charge on any atom is -0.389 e. The third-order valence-electron chi connectivity index (χ3n) is 3.38. The van der Waals surface area contributed by atoms with E-state index in [9.17, 15) is 9.90 Å². The van der Waals surface area contributed by atoms with E-state index < -0.39 is 6.10 Å². The summed E-state index contributed by atoms with van der Waals surface area (Å²) in [6.07, 6.45) is 0.948. The molecule has 2 N–H and O–H groups in total. The first-order valence-corrected chi connectivity index (χ1v) is 8.10. The van der Waals surface area contributed by atoms with Crippen LogP contribution in [0.3, 0.4) is 0 Å². The van der Waals surface area contributed by atoms with Crippen molar-refractivity contribution in [2.75, 3.05) is 19.8 Å². The molecular weight excluding hydrogens is 306 g/mol. The molecule has 1 atom stereocenters. The summed E-state index contributed by atoms with van der Waals surface area (Å²) >= 11 is 0. The normalized spacial score (nSPS) is 12.4. The van der Waals surface area contributed by atoms with Crippen LogP contribution in [0.5, 0.6) is 0 Å². The fraction of sp³-hybridized carbons (Fsp3) is 0.444. The summed E-state index contributed by atoms with van der Waals surface area (Å²) in [5, 5.41) is 17.0. The van der Waals surface area contributed by atoms with Crippen LogP contribution in [0.2, 0.25) is 0 Å². The van der Waals surface area contributed by atoms with Crippen LogP contribution < -0.4 is 5.32 Å². The summed E-state index contributed by atoms with van der Waals surface area (Å²) in [5.41, 5.74) is 1.99. The van der Waals surface area contributed by atoms with Gasteiger partial charge >= 0.3 is 0 Å². The molecule has 1 heterocycles. The van der Waals surface area contributed by atoms with Crippen LogP contribution in [0.4, 0.5) is 0 Å². The summed E-state index contributed by atoms with van der Waals surface area (Å²) in [6, 6.07) is 9.55. The second-order valence-electron chi connectivity index (χ2n) is 6.23. The topological polar surface area (TPSA) is 76.4 Å². The number of carbonyl (C=O) groups is 1. The highest BCUT2D eigenvalue weighted by atomic mass is 16.5. The Kier molecular flexibility index (Phi) is 6.52. The largest absolute Gasteiger partial charge is 0.389 e. The van der Waals surface area contributed by atoms with Crippen molar-refractivity contribution in [3.8, 4) is 11.3 Å². The molecule has 1 unspecified atom stereocenters. The van der Waals surface area contributed by atoms with E-state index in [4.69, 9.17) is 4.74 Å². The van der Waals surface area contributed by atoms with Crippen LogP contribution >= 0.6 is 0 Å². The van der Waals surface area contributed by atoms with E-state index in [1.807, 2.05) is 44.2 Å². The van der Waals surface area contributed by atoms with Crippen molar-refractivity contribution in [1.29, 1.82) is 0 Å². The molecule has 130 valence electrons. The summed E-state index contributed by atoms with van der Waals surface area (Å²) < 4.78 is 6.98. The Labute approximate surface area is 142 Å². The number of rotatable bonds is 8. The van der Waals surface area contributed by atoms with Crippen molar-refractivity contribution in [3.63, 3.8) is 0 Å². The molecule has 6 heteroatoms. The SMILES string of the molecule is CC(C)COCC(O)CNC(=O)c1cn(C)nc1-c1ccccc1. The van der Waals surface area contributed by atoms with Gasteiger partial charge in [0.1, 0.15) is 5.69 Å². The first-order chi connectivity index (χ1) is 11.5. The van der Waals surface area contributed by atoms with Crippen molar-refractivity contribution in [3.05, 3.63) is 42.1 Å². The van der Waals surface area contributed by atoms with Crippen molar-refractivity contribution in [2.45, 2.75) is 20.0 Å². The average Bonchev–Trinajstić information content (AvgIpc) is 2.95. The van der Waals surface area contributed by atoms with Gasteiger partial charge in [0.2, 0.25) is 0 Å².